The first-order chi connectivity index (χ1) is 11.5. The molecule has 1 aromatic carbocycles. The van der Waals surface area contributed by atoms with Gasteiger partial charge >= 0.3 is 0 Å². The van der Waals surface area contributed by atoms with Crippen LogP contribution in [0.25, 0.3) is 0 Å². The number of carbonyl (C=O) groups excluding carboxylic acids is 2. The Hall–Kier alpha value is -2.08. The fraction of sp³-hybridized carbons (Fsp3) is 0.556. The van der Waals surface area contributed by atoms with Crippen molar-refractivity contribution >= 4 is 23.2 Å². The maximum atomic E-state index is 12.6. The quantitative estimate of drug-likeness (QED) is 0.788. The third-order valence-corrected chi connectivity index (χ3v) is 5.45. The van der Waals surface area contributed by atoms with E-state index in [1.165, 1.54) is 0 Å². The summed E-state index contributed by atoms with van der Waals surface area (Å²) in [5.74, 6) is 0.145. The van der Waals surface area contributed by atoms with Gasteiger partial charge in [0.25, 0.3) is 0 Å². The Morgan fingerprint density at radius 3 is 2.54 bits per heavy atom. The largest absolute Gasteiger partial charge is 0.369 e. The lowest BCUT2D eigenvalue weighted by Crippen LogP contribution is -2.60. The van der Waals surface area contributed by atoms with Crippen molar-refractivity contribution in [2.75, 3.05) is 23.7 Å². The van der Waals surface area contributed by atoms with Gasteiger partial charge in [0, 0.05) is 13.1 Å². The molecule has 4 N–H and O–H groups in total. The van der Waals surface area contributed by atoms with E-state index in [1.54, 1.807) is 4.90 Å². The molecule has 130 valence electrons. The minimum absolute atomic E-state index is 0.00387. The summed E-state index contributed by atoms with van der Waals surface area (Å²) in [4.78, 5) is 26.9. The third kappa shape index (κ3) is 2.86. The molecule has 2 atom stereocenters. The second-order valence-electron chi connectivity index (χ2n) is 6.94. The van der Waals surface area contributed by atoms with Crippen molar-refractivity contribution in [3.05, 3.63) is 24.3 Å². The van der Waals surface area contributed by atoms with Crippen LogP contribution in [-0.2, 0) is 9.59 Å². The van der Waals surface area contributed by atoms with E-state index in [2.05, 4.69) is 10.6 Å². The molecule has 0 aromatic heterocycles. The average Bonchev–Trinajstić information content (AvgIpc) is 2.61. The number of hydrogen-bond donors (Lipinski definition) is 3. The average molecular weight is 330 g/mol. The Labute approximate surface area is 142 Å². The van der Waals surface area contributed by atoms with Crippen LogP contribution in [0.3, 0.4) is 0 Å². The predicted octanol–water partition coefficient (Wildman–Crippen LogP) is 1.79. The van der Waals surface area contributed by atoms with Crippen LogP contribution < -0.4 is 16.4 Å². The number of likely N-dealkylation sites (tertiary alicyclic amines) is 1. The minimum atomic E-state index is -0.633. The molecule has 0 radical (unpaired) electrons. The van der Waals surface area contributed by atoms with Gasteiger partial charge in [-0.15, -0.1) is 0 Å². The van der Waals surface area contributed by atoms with Gasteiger partial charge in [-0.3, -0.25) is 9.59 Å². The summed E-state index contributed by atoms with van der Waals surface area (Å²) in [6.07, 6.45) is 2.06. The molecule has 2 amide bonds. The van der Waals surface area contributed by atoms with Crippen LogP contribution in [0.1, 0.15) is 33.1 Å². The molecule has 6 heteroatoms. The number of amides is 2. The van der Waals surface area contributed by atoms with Crippen molar-refractivity contribution < 1.29 is 9.59 Å². The highest BCUT2D eigenvalue weighted by Gasteiger charge is 2.45. The third-order valence-electron chi connectivity index (χ3n) is 5.45. The summed E-state index contributed by atoms with van der Waals surface area (Å²) in [6.45, 7) is 5.13. The lowest BCUT2D eigenvalue weighted by atomic mass is 9.84. The molecular weight excluding hydrogens is 304 g/mol. The minimum Gasteiger partial charge on any atom is -0.369 e. The number of nitrogens with zero attached hydrogens (tertiary/aromatic N) is 1. The van der Waals surface area contributed by atoms with E-state index in [4.69, 9.17) is 5.73 Å². The number of hydrogen-bond acceptors (Lipinski definition) is 4. The van der Waals surface area contributed by atoms with E-state index >= 15 is 0 Å². The summed E-state index contributed by atoms with van der Waals surface area (Å²) in [7, 11) is 0. The number of nitrogens with two attached hydrogens (primary N) is 1. The molecule has 1 spiro atoms. The summed E-state index contributed by atoms with van der Waals surface area (Å²) in [5.41, 5.74) is 7.19. The molecule has 0 aliphatic carbocycles. The number of anilines is 2. The standard InChI is InChI=1S/C18H26N4O2/c1-3-12(2)15(19)16(23)22-10-8-18(9-11-22)17(24)20-13-6-4-5-7-14(13)21-18/h4-7,12,15,21H,3,8-11,19H2,1-2H3,(H,20,24)/t12-,15+/m0/s1. The van der Waals surface area contributed by atoms with Gasteiger partial charge in [-0.25, -0.2) is 0 Å². The van der Waals surface area contributed by atoms with Crippen LogP contribution in [0.5, 0.6) is 0 Å². The normalized spacial score (nSPS) is 21.5. The van der Waals surface area contributed by atoms with Crippen LogP contribution >= 0.6 is 0 Å². The van der Waals surface area contributed by atoms with Gasteiger partial charge in [0.1, 0.15) is 5.54 Å². The first-order valence-corrected chi connectivity index (χ1v) is 8.70. The van der Waals surface area contributed by atoms with E-state index in [0.29, 0.717) is 25.9 Å². The first kappa shape index (κ1) is 16.8. The van der Waals surface area contributed by atoms with Crippen LogP contribution in [0.2, 0.25) is 0 Å². The molecule has 1 aromatic rings. The Balaban J connectivity index is 1.69. The highest BCUT2D eigenvalue weighted by molar-refractivity contribution is 6.06. The molecule has 6 nitrogen and oxygen atoms in total. The summed E-state index contributed by atoms with van der Waals surface area (Å²) >= 11 is 0. The predicted molar refractivity (Wildman–Crippen MR) is 94.7 cm³/mol. The zero-order chi connectivity index (χ0) is 17.3. The van der Waals surface area contributed by atoms with Crippen molar-refractivity contribution in [1.82, 2.24) is 4.90 Å². The molecule has 0 bridgehead atoms. The van der Waals surface area contributed by atoms with Crippen molar-refractivity contribution in [2.45, 2.75) is 44.7 Å². The van der Waals surface area contributed by atoms with Crippen LogP contribution in [-0.4, -0.2) is 41.4 Å². The molecule has 1 saturated heterocycles. The molecule has 0 unspecified atom stereocenters. The topological polar surface area (TPSA) is 87.5 Å². The molecule has 1 fully saturated rings. The second-order valence-corrected chi connectivity index (χ2v) is 6.94. The monoisotopic (exact) mass is 330 g/mol. The van der Waals surface area contributed by atoms with Crippen LogP contribution in [0, 0.1) is 5.92 Å². The molecule has 2 aliphatic heterocycles. The van der Waals surface area contributed by atoms with E-state index in [-0.39, 0.29) is 17.7 Å². The van der Waals surface area contributed by atoms with Crippen LogP contribution in [0.4, 0.5) is 11.4 Å². The van der Waals surface area contributed by atoms with Gasteiger partial charge in [-0.2, -0.15) is 0 Å². The summed E-state index contributed by atoms with van der Waals surface area (Å²) < 4.78 is 0. The molecular formula is C18H26N4O2. The molecule has 2 heterocycles. The number of rotatable bonds is 3. The van der Waals surface area contributed by atoms with Gasteiger partial charge in [0.05, 0.1) is 17.4 Å². The maximum absolute atomic E-state index is 12.6. The van der Waals surface area contributed by atoms with Gasteiger partial charge in [-0.1, -0.05) is 32.4 Å². The van der Waals surface area contributed by atoms with Gasteiger partial charge < -0.3 is 21.3 Å². The highest BCUT2D eigenvalue weighted by Crippen LogP contribution is 2.36. The van der Waals surface area contributed by atoms with Crippen molar-refractivity contribution in [1.29, 1.82) is 0 Å². The van der Waals surface area contributed by atoms with Crippen LogP contribution in [0.15, 0.2) is 24.3 Å². The van der Waals surface area contributed by atoms with E-state index in [9.17, 15) is 9.59 Å². The second kappa shape index (κ2) is 6.43. The van der Waals surface area contributed by atoms with Crippen molar-refractivity contribution in [2.24, 2.45) is 11.7 Å². The van der Waals surface area contributed by atoms with Gasteiger partial charge in [0.2, 0.25) is 11.8 Å². The lowest BCUT2D eigenvalue weighted by Gasteiger charge is -2.44. The van der Waals surface area contributed by atoms with Gasteiger partial charge in [-0.05, 0) is 30.9 Å². The Bertz CT molecular complexity index is 638. The van der Waals surface area contributed by atoms with E-state index < -0.39 is 11.6 Å². The van der Waals surface area contributed by atoms with Crippen molar-refractivity contribution in [3.8, 4) is 0 Å². The number of benzene rings is 1. The molecule has 0 saturated carbocycles. The fourth-order valence-electron chi connectivity index (χ4n) is 3.43. The molecule has 3 rings (SSSR count). The Morgan fingerprint density at radius 1 is 1.29 bits per heavy atom. The van der Waals surface area contributed by atoms with Gasteiger partial charge in [0.15, 0.2) is 0 Å². The molecule has 24 heavy (non-hydrogen) atoms. The number of para-hydroxylation sites is 2. The van der Waals surface area contributed by atoms with E-state index in [0.717, 1.165) is 17.8 Å². The maximum Gasteiger partial charge on any atom is 0.250 e. The highest BCUT2D eigenvalue weighted by atomic mass is 16.2. The fourth-order valence-corrected chi connectivity index (χ4v) is 3.43. The Morgan fingerprint density at radius 2 is 1.92 bits per heavy atom. The number of nitrogens with one attached hydrogen (secondary N) is 2. The summed E-state index contributed by atoms with van der Waals surface area (Å²) in [5, 5.41) is 6.39. The zero-order valence-corrected chi connectivity index (χ0v) is 14.3. The molecule has 2 aliphatic rings. The number of fused-ring (bicyclic) bond motifs is 1. The first-order valence-electron chi connectivity index (χ1n) is 8.70. The number of carbonyl (C=O) groups is 2. The van der Waals surface area contributed by atoms with E-state index in [1.807, 2.05) is 38.1 Å². The smallest absolute Gasteiger partial charge is 0.250 e. The number of piperidine rings is 1. The zero-order valence-electron chi connectivity index (χ0n) is 14.3. The lowest BCUT2D eigenvalue weighted by molar-refractivity contribution is -0.137. The van der Waals surface area contributed by atoms with Crippen molar-refractivity contribution in [3.63, 3.8) is 0 Å². The SMILES string of the molecule is CC[C@H](C)[C@@H](N)C(=O)N1CCC2(CC1)Nc1ccccc1NC2=O. The Kier molecular flexibility index (Phi) is 4.49. The summed E-state index contributed by atoms with van der Waals surface area (Å²) in [6, 6.07) is 7.24.